The number of hydrogen-bond acceptors (Lipinski definition) is 5. The second-order valence-electron chi connectivity index (χ2n) is 5.36. The van der Waals surface area contributed by atoms with Crippen molar-refractivity contribution in [2.75, 3.05) is 19.6 Å². The highest BCUT2D eigenvalue weighted by Gasteiger charge is 2.30. The first-order chi connectivity index (χ1) is 9.73. The molecule has 0 amide bonds. The predicted molar refractivity (Wildman–Crippen MR) is 78.8 cm³/mol. The summed E-state index contributed by atoms with van der Waals surface area (Å²) in [6, 6.07) is 2.73. The van der Waals surface area contributed by atoms with Crippen molar-refractivity contribution in [3.05, 3.63) is 33.4 Å². The Morgan fingerprint density at radius 3 is 2.62 bits per heavy atom. The minimum absolute atomic E-state index is 0.00796. The first-order valence-corrected chi connectivity index (χ1v) is 8.16. The largest absolute Gasteiger partial charge is 0.312 e. The molecule has 0 unspecified atom stereocenters. The molecule has 21 heavy (non-hydrogen) atoms. The van der Waals surface area contributed by atoms with E-state index >= 15 is 0 Å². The summed E-state index contributed by atoms with van der Waals surface area (Å²) in [5, 5.41) is 14.2. The Bertz CT molecular complexity index is 672. The number of nitrogens with zero attached hydrogens (tertiary/aromatic N) is 2. The zero-order chi connectivity index (χ0) is 15.8. The number of nitro benzene ring substituents is 1. The molecule has 0 saturated carbocycles. The first kappa shape index (κ1) is 15.9. The van der Waals surface area contributed by atoms with Crippen LogP contribution in [0, 0.1) is 24.0 Å². The Hall–Kier alpha value is -1.51. The zero-order valence-corrected chi connectivity index (χ0v) is 13.1. The van der Waals surface area contributed by atoms with Crippen molar-refractivity contribution in [2.24, 2.45) is 0 Å². The molecule has 1 fully saturated rings. The van der Waals surface area contributed by atoms with Crippen molar-refractivity contribution in [3.8, 4) is 0 Å². The smallest absolute Gasteiger partial charge is 0.273 e. The molecule has 1 N–H and O–H groups in total. The molecule has 1 saturated heterocycles. The monoisotopic (exact) mass is 313 g/mol. The lowest BCUT2D eigenvalue weighted by molar-refractivity contribution is -0.385. The van der Waals surface area contributed by atoms with Crippen LogP contribution in [-0.4, -0.2) is 43.3 Å². The molecule has 1 aliphatic rings. The molecule has 7 nitrogen and oxygen atoms in total. The van der Waals surface area contributed by atoms with Crippen molar-refractivity contribution in [1.29, 1.82) is 0 Å². The average Bonchev–Trinajstić information content (AvgIpc) is 2.41. The van der Waals surface area contributed by atoms with Gasteiger partial charge >= 0.3 is 0 Å². The van der Waals surface area contributed by atoms with E-state index in [2.05, 4.69) is 5.32 Å². The van der Waals surface area contributed by atoms with Crippen LogP contribution in [-0.2, 0) is 10.0 Å². The van der Waals surface area contributed by atoms with E-state index in [-0.39, 0.29) is 16.6 Å². The molecule has 1 aromatic rings. The third-order valence-corrected chi connectivity index (χ3v) is 5.62. The van der Waals surface area contributed by atoms with Gasteiger partial charge in [-0.05, 0) is 32.4 Å². The van der Waals surface area contributed by atoms with Crippen LogP contribution in [0.3, 0.4) is 0 Å². The maximum absolute atomic E-state index is 12.6. The van der Waals surface area contributed by atoms with Crippen LogP contribution in [0.1, 0.15) is 18.1 Å². The zero-order valence-electron chi connectivity index (χ0n) is 12.3. The fourth-order valence-corrected chi connectivity index (χ4v) is 4.05. The Labute approximate surface area is 124 Å². The molecule has 0 spiro atoms. The van der Waals surface area contributed by atoms with E-state index in [1.54, 1.807) is 13.8 Å². The van der Waals surface area contributed by atoms with Gasteiger partial charge in [0.15, 0.2) is 0 Å². The minimum atomic E-state index is -3.70. The maximum Gasteiger partial charge on any atom is 0.273 e. The van der Waals surface area contributed by atoms with Gasteiger partial charge in [0.2, 0.25) is 10.0 Å². The van der Waals surface area contributed by atoms with Crippen LogP contribution in [0.5, 0.6) is 0 Å². The van der Waals surface area contributed by atoms with E-state index < -0.39 is 14.9 Å². The Balaban J connectivity index is 2.47. The number of hydrogen-bond donors (Lipinski definition) is 1. The Kier molecular flexibility index (Phi) is 4.31. The van der Waals surface area contributed by atoms with Gasteiger partial charge in [0.05, 0.1) is 9.82 Å². The van der Waals surface area contributed by atoms with E-state index in [1.165, 1.54) is 10.4 Å². The molecule has 1 aromatic carbocycles. The highest BCUT2D eigenvalue weighted by molar-refractivity contribution is 7.89. The van der Waals surface area contributed by atoms with Crippen LogP contribution in [0.4, 0.5) is 5.69 Å². The number of piperazine rings is 1. The van der Waals surface area contributed by atoms with E-state index in [0.29, 0.717) is 30.8 Å². The summed E-state index contributed by atoms with van der Waals surface area (Å²) in [7, 11) is -3.70. The van der Waals surface area contributed by atoms with Gasteiger partial charge in [-0.1, -0.05) is 0 Å². The second-order valence-corrected chi connectivity index (χ2v) is 7.30. The van der Waals surface area contributed by atoms with Crippen LogP contribution in [0.25, 0.3) is 0 Å². The number of aryl methyl sites for hydroxylation is 1. The number of sulfonamides is 1. The number of rotatable bonds is 3. The van der Waals surface area contributed by atoms with Gasteiger partial charge < -0.3 is 5.32 Å². The van der Waals surface area contributed by atoms with E-state index in [0.717, 1.165) is 6.07 Å². The molecule has 1 atom stereocenters. The average molecular weight is 313 g/mol. The summed E-state index contributed by atoms with van der Waals surface area (Å²) >= 11 is 0. The predicted octanol–water partition coefficient (Wildman–Crippen LogP) is 1.19. The third-order valence-electron chi connectivity index (χ3n) is 3.78. The molecule has 1 aliphatic heterocycles. The number of nitrogens with one attached hydrogen (secondary N) is 1. The summed E-state index contributed by atoms with van der Waals surface area (Å²) < 4.78 is 26.7. The summed E-state index contributed by atoms with van der Waals surface area (Å²) in [5.74, 6) is 0. The Morgan fingerprint density at radius 1 is 1.38 bits per heavy atom. The highest BCUT2D eigenvalue weighted by Crippen LogP contribution is 2.28. The van der Waals surface area contributed by atoms with Crippen molar-refractivity contribution in [1.82, 2.24) is 9.62 Å². The lowest BCUT2D eigenvalue weighted by atomic mass is 10.1. The third kappa shape index (κ3) is 3.07. The van der Waals surface area contributed by atoms with Gasteiger partial charge in [0.25, 0.3) is 5.69 Å². The topological polar surface area (TPSA) is 92.6 Å². The quantitative estimate of drug-likeness (QED) is 0.668. The SMILES string of the molecule is Cc1cc(S(=O)(=O)N2CCN[C@@H](C)C2)cc([N+](=O)[O-])c1C. The van der Waals surface area contributed by atoms with E-state index in [9.17, 15) is 18.5 Å². The Morgan fingerprint density at radius 2 is 2.05 bits per heavy atom. The molecule has 8 heteroatoms. The molecule has 0 radical (unpaired) electrons. The standard InChI is InChI=1S/C13H19N3O4S/c1-9-6-12(7-13(11(9)3)16(17)18)21(19,20)15-5-4-14-10(2)8-15/h6-7,10,14H,4-5,8H2,1-3H3/t10-/m0/s1. The second kappa shape index (κ2) is 5.70. The van der Waals surface area contributed by atoms with Gasteiger partial charge in [-0.2, -0.15) is 4.31 Å². The molecular weight excluding hydrogens is 294 g/mol. The summed E-state index contributed by atoms with van der Waals surface area (Å²) in [6.07, 6.45) is 0. The molecule has 0 aromatic heterocycles. The van der Waals surface area contributed by atoms with Crippen LogP contribution >= 0.6 is 0 Å². The molecule has 2 rings (SSSR count). The molecule has 1 heterocycles. The van der Waals surface area contributed by atoms with Crippen molar-refractivity contribution < 1.29 is 13.3 Å². The van der Waals surface area contributed by atoms with Crippen molar-refractivity contribution in [3.63, 3.8) is 0 Å². The number of nitro groups is 1. The maximum atomic E-state index is 12.6. The van der Waals surface area contributed by atoms with Crippen molar-refractivity contribution >= 4 is 15.7 Å². The number of benzene rings is 1. The van der Waals surface area contributed by atoms with E-state index in [1.807, 2.05) is 6.92 Å². The summed E-state index contributed by atoms with van der Waals surface area (Å²) in [4.78, 5) is 10.5. The van der Waals surface area contributed by atoms with Gasteiger partial charge in [0.1, 0.15) is 0 Å². The molecular formula is C13H19N3O4S. The fraction of sp³-hybridized carbons (Fsp3) is 0.538. The lowest BCUT2D eigenvalue weighted by Crippen LogP contribution is -2.51. The van der Waals surface area contributed by atoms with Crippen molar-refractivity contribution in [2.45, 2.75) is 31.7 Å². The molecule has 0 bridgehead atoms. The van der Waals surface area contributed by atoms with Crippen LogP contribution < -0.4 is 5.32 Å². The first-order valence-electron chi connectivity index (χ1n) is 6.72. The summed E-state index contributed by atoms with van der Waals surface area (Å²) in [5.41, 5.74) is 0.940. The lowest BCUT2D eigenvalue weighted by Gasteiger charge is -2.31. The van der Waals surface area contributed by atoms with E-state index in [4.69, 9.17) is 0 Å². The van der Waals surface area contributed by atoms with Gasteiger partial charge in [-0.3, -0.25) is 10.1 Å². The fourth-order valence-electron chi connectivity index (χ4n) is 2.41. The van der Waals surface area contributed by atoms with Gasteiger partial charge in [0, 0.05) is 37.3 Å². The van der Waals surface area contributed by atoms with Gasteiger partial charge in [-0.25, -0.2) is 8.42 Å². The molecule has 0 aliphatic carbocycles. The minimum Gasteiger partial charge on any atom is -0.312 e. The normalized spacial score (nSPS) is 20.4. The molecule has 116 valence electrons. The van der Waals surface area contributed by atoms with Crippen LogP contribution in [0.15, 0.2) is 17.0 Å². The summed E-state index contributed by atoms with van der Waals surface area (Å²) in [6.45, 7) is 6.52. The van der Waals surface area contributed by atoms with Crippen LogP contribution in [0.2, 0.25) is 0 Å². The highest BCUT2D eigenvalue weighted by atomic mass is 32.2. The van der Waals surface area contributed by atoms with Gasteiger partial charge in [-0.15, -0.1) is 0 Å².